The van der Waals surface area contributed by atoms with Crippen molar-refractivity contribution in [1.82, 2.24) is 0 Å². The summed E-state index contributed by atoms with van der Waals surface area (Å²) in [4.78, 5) is 28.6. The van der Waals surface area contributed by atoms with Crippen molar-refractivity contribution in [2.75, 3.05) is 0 Å². The molecule has 1 aliphatic rings. The molecule has 2 rings (SSSR count). The second-order valence-corrected chi connectivity index (χ2v) is 5.69. The summed E-state index contributed by atoms with van der Waals surface area (Å²) in [5.74, 6) is -2.00. The van der Waals surface area contributed by atoms with Crippen LogP contribution in [0.1, 0.15) is 44.2 Å². The molecule has 4 heteroatoms. The Morgan fingerprint density at radius 3 is 2.45 bits per heavy atom. The molecule has 1 aliphatic heterocycles. The molecule has 1 atom stereocenters. The quantitative estimate of drug-likeness (QED) is 0.844. The predicted molar refractivity (Wildman–Crippen MR) is 86.9 cm³/mol. The summed E-state index contributed by atoms with van der Waals surface area (Å²) in [7, 11) is 0. The van der Waals surface area contributed by atoms with Crippen LogP contribution < -0.4 is 0 Å². The number of aliphatic imine (C=N–C) groups is 1. The molecular formula is C18H21NO3. The van der Waals surface area contributed by atoms with Gasteiger partial charge in [-0.1, -0.05) is 43.2 Å². The maximum atomic E-state index is 12.5. The Morgan fingerprint density at radius 1 is 1.27 bits per heavy atom. The molecule has 0 spiro atoms. The molecule has 1 heterocycles. The number of nitrogens with zero attached hydrogens (tertiary/aromatic N) is 1. The van der Waals surface area contributed by atoms with Gasteiger partial charge in [0.2, 0.25) is 0 Å². The first-order chi connectivity index (χ1) is 10.5. The van der Waals surface area contributed by atoms with Crippen molar-refractivity contribution in [2.24, 2.45) is 10.9 Å². The molecule has 1 aromatic rings. The Balaban J connectivity index is 2.56. The average Bonchev–Trinajstić information content (AvgIpc) is 2.49. The van der Waals surface area contributed by atoms with E-state index in [9.17, 15) is 14.7 Å². The van der Waals surface area contributed by atoms with Gasteiger partial charge in [0.1, 0.15) is 5.57 Å². The summed E-state index contributed by atoms with van der Waals surface area (Å²) in [6.07, 6.45) is 2.68. The number of hydrogen-bond donors (Lipinski definition) is 1. The number of ketones is 1. The lowest BCUT2D eigenvalue weighted by atomic mass is 9.86. The summed E-state index contributed by atoms with van der Waals surface area (Å²) in [5, 5.41) is 9.43. The lowest BCUT2D eigenvalue weighted by Gasteiger charge is -2.22. The van der Waals surface area contributed by atoms with Crippen LogP contribution in [0.5, 0.6) is 0 Å². The highest BCUT2D eigenvalue weighted by atomic mass is 16.4. The maximum absolute atomic E-state index is 12.5. The minimum atomic E-state index is -1.20. The first kappa shape index (κ1) is 16.1. The number of aliphatic carboxylic acids is 1. The third kappa shape index (κ3) is 3.16. The van der Waals surface area contributed by atoms with E-state index in [0.717, 1.165) is 30.5 Å². The van der Waals surface area contributed by atoms with Gasteiger partial charge in [0.25, 0.3) is 0 Å². The number of carboxylic acids is 1. The van der Waals surface area contributed by atoms with Gasteiger partial charge in [-0.3, -0.25) is 9.79 Å². The SMILES string of the molecule is CCCCC1=NC(c2ccc(C)cc2)=C(C(=O)O)C(=O)C1C. The van der Waals surface area contributed by atoms with Gasteiger partial charge in [0.05, 0.1) is 11.6 Å². The topological polar surface area (TPSA) is 66.7 Å². The molecule has 0 amide bonds. The van der Waals surface area contributed by atoms with Gasteiger partial charge in [-0.15, -0.1) is 0 Å². The highest BCUT2D eigenvalue weighted by molar-refractivity contribution is 6.30. The van der Waals surface area contributed by atoms with E-state index in [2.05, 4.69) is 11.9 Å². The molecule has 1 unspecified atom stereocenters. The monoisotopic (exact) mass is 299 g/mol. The van der Waals surface area contributed by atoms with Crippen molar-refractivity contribution < 1.29 is 14.7 Å². The van der Waals surface area contributed by atoms with E-state index in [-0.39, 0.29) is 11.4 Å². The van der Waals surface area contributed by atoms with E-state index in [1.165, 1.54) is 0 Å². The van der Waals surface area contributed by atoms with Crippen molar-refractivity contribution in [1.29, 1.82) is 0 Å². The lowest BCUT2D eigenvalue weighted by molar-refractivity contribution is -0.134. The fraction of sp³-hybridized carbons (Fsp3) is 0.389. The number of rotatable bonds is 5. The molecule has 0 bridgehead atoms. The van der Waals surface area contributed by atoms with Crippen LogP contribution in [0.25, 0.3) is 5.70 Å². The van der Waals surface area contributed by atoms with Crippen LogP contribution in [0, 0.1) is 12.8 Å². The summed E-state index contributed by atoms with van der Waals surface area (Å²) in [6, 6.07) is 7.42. The zero-order valence-corrected chi connectivity index (χ0v) is 13.2. The number of hydrogen-bond acceptors (Lipinski definition) is 3. The normalized spacial score (nSPS) is 18.4. The van der Waals surface area contributed by atoms with Crippen LogP contribution in [0.3, 0.4) is 0 Å². The lowest BCUT2D eigenvalue weighted by Crippen LogP contribution is -2.30. The fourth-order valence-corrected chi connectivity index (χ4v) is 2.54. The second kappa shape index (κ2) is 6.69. The standard InChI is InChI=1S/C18H21NO3/c1-4-5-6-14-12(3)17(20)15(18(21)22)16(19-14)13-9-7-11(2)8-10-13/h7-10,12H,4-6H2,1-3H3,(H,21,22). The van der Waals surface area contributed by atoms with Gasteiger partial charge < -0.3 is 5.11 Å². The first-order valence-corrected chi connectivity index (χ1v) is 7.62. The molecule has 4 nitrogen and oxygen atoms in total. The Morgan fingerprint density at radius 2 is 1.91 bits per heavy atom. The summed E-state index contributed by atoms with van der Waals surface area (Å²) < 4.78 is 0. The van der Waals surface area contributed by atoms with Crippen molar-refractivity contribution in [3.05, 3.63) is 41.0 Å². The van der Waals surface area contributed by atoms with Gasteiger partial charge in [-0.25, -0.2) is 4.79 Å². The molecule has 0 radical (unpaired) electrons. The van der Waals surface area contributed by atoms with Gasteiger partial charge in [-0.2, -0.15) is 0 Å². The van der Waals surface area contributed by atoms with Crippen molar-refractivity contribution >= 4 is 23.2 Å². The van der Waals surface area contributed by atoms with Gasteiger partial charge in [-0.05, 0) is 26.7 Å². The zero-order chi connectivity index (χ0) is 16.3. The Bertz CT molecular complexity index is 653. The number of carbonyl (C=O) groups excluding carboxylic acids is 1. The molecule has 22 heavy (non-hydrogen) atoms. The van der Waals surface area contributed by atoms with E-state index < -0.39 is 11.9 Å². The summed E-state index contributed by atoms with van der Waals surface area (Å²) in [6.45, 7) is 5.78. The molecule has 0 aromatic heterocycles. The molecule has 116 valence electrons. The largest absolute Gasteiger partial charge is 0.477 e. The Labute approximate surface area is 130 Å². The fourth-order valence-electron chi connectivity index (χ4n) is 2.54. The molecule has 0 saturated heterocycles. The number of aryl methyl sites for hydroxylation is 1. The van der Waals surface area contributed by atoms with Gasteiger partial charge in [0.15, 0.2) is 5.78 Å². The van der Waals surface area contributed by atoms with Crippen LogP contribution >= 0.6 is 0 Å². The van der Waals surface area contributed by atoms with Crippen LogP contribution in [0.4, 0.5) is 0 Å². The number of carbonyl (C=O) groups is 2. The first-order valence-electron chi connectivity index (χ1n) is 7.62. The number of unbranched alkanes of at least 4 members (excludes halogenated alkanes) is 1. The zero-order valence-electron chi connectivity index (χ0n) is 13.2. The molecule has 0 fully saturated rings. The number of carboxylic acid groups (broad SMARTS) is 1. The third-order valence-electron chi connectivity index (χ3n) is 3.96. The summed E-state index contributed by atoms with van der Waals surface area (Å²) >= 11 is 0. The predicted octanol–water partition coefficient (Wildman–Crippen LogP) is 3.64. The highest BCUT2D eigenvalue weighted by Crippen LogP contribution is 2.30. The van der Waals surface area contributed by atoms with Crippen LogP contribution in [-0.2, 0) is 9.59 Å². The number of benzene rings is 1. The number of Topliss-reactive ketones (excluding diaryl/α,β-unsaturated/α-hetero) is 1. The van der Waals surface area contributed by atoms with Gasteiger partial charge in [0, 0.05) is 11.3 Å². The molecule has 1 N–H and O–H groups in total. The van der Waals surface area contributed by atoms with Crippen molar-refractivity contribution in [3.63, 3.8) is 0 Å². The van der Waals surface area contributed by atoms with Crippen molar-refractivity contribution in [3.8, 4) is 0 Å². The van der Waals surface area contributed by atoms with E-state index in [1.807, 2.05) is 31.2 Å². The van der Waals surface area contributed by atoms with E-state index >= 15 is 0 Å². The van der Waals surface area contributed by atoms with E-state index in [0.29, 0.717) is 11.3 Å². The van der Waals surface area contributed by atoms with Gasteiger partial charge >= 0.3 is 5.97 Å². The third-order valence-corrected chi connectivity index (χ3v) is 3.96. The molecule has 1 aromatic carbocycles. The Kier molecular flexibility index (Phi) is 4.91. The molecule has 0 aliphatic carbocycles. The summed E-state index contributed by atoms with van der Waals surface area (Å²) in [5.41, 5.74) is 2.63. The van der Waals surface area contributed by atoms with Crippen LogP contribution in [0.2, 0.25) is 0 Å². The van der Waals surface area contributed by atoms with Crippen LogP contribution in [0.15, 0.2) is 34.8 Å². The highest BCUT2D eigenvalue weighted by Gasteiger charge is 2.34. The van der Waals surface area contributed by atoms with E-state index in [1.54, 1.807) is 6.92 Å². The van der Waals surface area contributed by atoms with E-state index in [4.69, 9.17) is 0 Å². The minimum absolute atomic E-state index is 0.198. The Hall–Kier alpha value is -2.23. The minimum Gasteiger partial charge on any atom is -0.477 e. The molecular weight excluding hydrogens is 278 g/mol. The van der Waals surface area contributed by atoms with Crippen LogP contribution in [-0.4, -0.2) is 22.6 Å². The maximum Gasteiger partial charge on any atom is 0.341 e. The second-order valence-electron chi connectivity index (χ2n) is 5.69. The van der Waals surface area contributed by atoms with Crippen molar-refractivity contribution in [2.45, 2.75) is 40.0 Å². The average molecular weight is 299 g/mol. The molecule has 0 saturated carbocycles. The smallest absolute Gasteiger partial charge is 0.341 e.